The van der Waals surface area contributed by atoms with Gasteiger partial charge in [0.1, 0.15) is 5.75 Å². The van der Waals surface area contributed by atoms with Crippen LogP contribution in [0, 0.1) is 0 Å². The van der Waals surface area contributed by atoms with Gasteiger partial charge < -0.3 is 4.74 Å². The molecule has 0 amide bonds. The second-order valence-electron chi connectivity index (χ2n) is 6.94. The second kappa shape index (κ2) is 9.97. The van der Waals surface area contributed by atoms with Crippen molar-refractivity contribution in [3.63, 3.8) is 0 Å². The Balaban J connectivity index is 1.69. The van der Waals surface area contributed by atoms with Crippen LogP contribution in [0.25, 0.3) is 17.1 Å². The van der Waals surface area contributed by atoms with Crippen LogP contribution in [0.4, 0.5) is 0 Å². The van der Waals surface area contributed by atoms with Crippen molar-refractivity contribution >= 4 is 29.1 Å². The third kappa shape index (κ3) is 4.84. The molecule has 2 aromatic heterocycles. The first-order chi connectivity index (χ1) is 15.6. The van der Waals surface area contributed by atoms with E-state index >= 15 is 0 Å². The highest BCUT2D eigenvalue weighted by atomic mass is 35.5. The zero-order valence-corrected chi connectivity index (χ0v) is 19.2. The van der Waals surface area contributed by atoms with E-state index in [0.29, 0.717) is 28.2 Å². The van der Waals surface area contributed by atoms with Crippen molar-refractivity contribution in [3.05, 3.63) is 83.6 Å². The average Bonchev–Trinajstić information content (AvgIpc) is 3.24. The van der Waals surface area contributed by atoms with E-state index in [9.17, 15) is 4.79 Å². The summed E-state index contributed by atoms with van der Waals surface area (Å²) < 4.78 is 7.51. The zero-order valence-electron chi connectivity index (χ0n) is 17.6. The van der Waals surface area contributed by atoms with Crippen molar-refractivity contribution < 1.29 is 9.53 Å². The van der Waals surface area contributed by atoms with Crippen LogP contribution in [0.5, 0.6) is 5.75 Å². The largest absolute Gasteiger partial charge is 0.494 e. The maximum Gasteiger partial charge on any atom is 0.196 e. The summed E-state index contributed by atoms with van der Waals surface area (Å²) in [6.45, 7) is 4.41. The van der Waals surface area contributed by atoms with Crippen molar-refractivity contribution in [1.29, 1.82) is 0 Å². The lowest BCUT2D eigenvalue weighted by Crippen LogP contribution is -2.14. The number of carbonyl (C=O) groups is 1. The minimum atomic E-state index is -0.368. The molecule has 0 fully saturated rings. The summed E-state index contributed by atoms with van der Waals surface area (Å²) in [5.41, 5.74) is 2.36. The molecular weight excluding hydrogens is 444 g/mol. The first-order valence-corrected chi connectivity index (χ1v) is 11.4. The summed E-state index contributed by atoms with van der Waals surface area (Å²) in [7, 11) is 0. The van der Waals surface area contributed by atoms with Crippen LogP contribution in [-0.4, -0.2) is 37.4 Å². The van der Waals surface area contributed by atoms with Gasteiger partial charge in [0.25, 0.3) is 0 Å². The lowest BCUT2D eigenvalue weighted by atomic mass is 10.1. The Morgan fingerprint density at radius 2 is 1.72 bits per heavy atom. The molecule has 6 nitrogen and oxygen atoms in total. The number of hydrogen-bond donors (Lipinski definition) is 0. The highest BCUT2D eigenvalue weighted by molar-refractivity contribution is 8.00. The molecule has 2 heterocycles. The van der Waals surface area contributed by atoms with Crippen molar-refractivity contribution in [2.75, 3.05) is 6.61 Å². The zero-order chi connectivity index (χ0) is 22.5. The lowest BCUT2D eigenvalue weighted by Gasteiger charge is -2.14. The molecule has 1 unspecified atom stereocenters. The molecule has 0 aliphatic carbocycles. The van der Waals surface area contributed by atoms with Crippen molar-refractivity contribution in [2.24, 2.45) is 0 Å². The third-order valence-electron chi connectivity index (χ3n) is 4.76. The van der Waals surface area contributed by atoms with Gasteiger partial charge >= 0.3 is 0 Å². The number of rotatable bonds is 8. The number of aromatic nitrogens is 4. The van der Waals surface area contributed by atoms with Gasteiger partial charge in [-0.2, -0.15) is 0 Å². The standard InChI is InChI=1S/C24H21ClN4O2S/c1-3-31-21-10-8-20(9-11-21)29-23(18-12-14-26-15-13-18)27-28-24(29)32-16(2)22(30)17-4-6-19(25)7-5-17/h4-16H,3H2,1-2H3. The van der Waals surface area contributed by atoms with E-state index in [1.807, 2.05) is 54.8 Å². The SMILES string of the molecule is CCOc1ccc(-n2c(SC(C)C(=O)c3ccc(Cl)cc3)nnc2-c2ccncc2)cc1. The van der Waals surface area contributed by atoms with Crippen molar-refractivity contribution in [3.8, 4) is 22.8 Å². The summed E-state index contributed by atoms with van der Waals surface area (Å²) in [6.07, 6.45) is 3.43. The number of hydrogen-bond acceptors (Lipinski definition) is 6. The summed E-state index contributed by atoms with van der Waals surface area (Å²) in [4.78, 5) is 17.0. The lowest BCUT2D eigenvalue weighted by molar-refractivity contribution is 0.0994. The molecular formula is C24H21ClN4O2S. The van der Waals surface area contributed by atoms with Gasteiger partial charge in [-0.05, 0) is 74.5 Å². The molecule has 2 aromatic carbocycles. The summed E-state index contributed by atoms with van der Waals surface area (Å²) >= 11 is 7.32. The topological polar surface area (TPSA) is 69.9 Å². The normalized spacial score (nSPS) is 11.8. The number of ether oxygens (including phenoxy) is 1. The molecule has 162 valence electrons. The Hall–Kier alpha value is -3.16. The van der Waals surface area contributed by atoms with Crippen LogP contribution >= 0.6 is 23.4 Å². The van der Waals surface area contributed by atoms with Gasteiger partial charge in [-0.15, -0.1) is 10.2 Å². The molecule has 0 N–H and O–H groups in total. The van der Waals surface area contributed by atoms with Gasteiger partial charge in [0.2, 0.25) is 0 Å². The summed E-state index contributed by atoms with van der Waals surface area (Å²) in [5, 5.41) is 9.68. The van der Waals surface area contributed by atoms with Crippen LogP contribution < -0.4 is 4.74 Å². The summed E-state index contributed by atoms with van der Waals surface area (Å²) in [5.74, 6) is 1.46. The number of Topliss-reactive ketones (excluding diaryl/α,β-unsaturated/α-hetero) is 1. The maximum atomic E-state index is 13.0. The van der Waals surface area contributed by atoms with Gasteiger partial charge in [0.05, 0.1) is 11.9 Å². The van der Waals surface area contributed by atoms with Crippen LogP contribution in [0.1, 0.15) is 24.2 Å². The fourth-order valence-electron chi connectivity index (χ4n) is 3.19. The van der Waals surface area contributed by atoms with Crippen molar-refractivity contribution in [1.82, 2.24) is 19.7 Å². The van der Waals surface area contributed by atoms with Gasteiger partial charge in [-0.1, -0.05) is 23.4 Å². The first kappa shape index (κ1) is 22.0. The van der Waals surface area contributed by atoms with Crippen LogP contribution in [0.2, 0.25) is 5.02 Å². The van der Waals surface area contributed by atoms with E-state index in [4.69, 9.17) is 16.3 Å². The number of halogens is 1. The first-order valence-electron chi connectivity index (χ1n) is 10.1. The minimum absolute atomic E-state index is 0.00151. The molecule has 32 heavy (non-hydrogen) atoms. The molecule has 0 saturated carbocycles. The van der Waals surface area contributed by atoms with Crippen LogP contribution in [-0.2, 0) is 0 Å². The van der Waals surface area contributed by atoms with Gasteiger partial charge in [0.15, 0.2) is 16.8 Å². The number of ketones is 1. The maximum absolute atomic E-state index is 13.0. The van der Waals surface area contributed by atoms with E-state index in [-0.39, 0.29) is 11.0 Å². The van der Waals surface area contributed by atoms with Gasteiger partial charge in [-0.25, -0.2) is 0 Å². The van der Waals surface area contributed by atoms with E-state index < -0.39 is 0 Å². The highest BCUT2D eigenvalue weighted by Gasteiger charge is 2.23. The molecule has 8 heteroatoms. The van der Waals surface area contributed by atoms with Crippen LogP contribution in [0.15, 0.2) is 78.2 Å². The Labute approximate surface area is 195 Å². The van der Waals surface area contributed by atoms with E-state index in [1.165, 1.54) is 11.8 Å². The Kier molecular flexibility index (Phi) is 6.87. The predicted molar refractivity (Wildman–Crippen MR) is 127 cm³/mol. The smallest absolute Gasteiger partial charge is 0.196 e. The highest BCUT2D eigenvalue weighted by Crippen LogP contribution is 2.31. The monoisotopic (exact) mass is 464 g/mol. The molecule has 4 rings (SSSR count). The minimum Gasteiger partial charge on any atom is -0.494 e. The second-order valence-corrected chi connectivity index (χ2v) is 8.68. The molecule has 4 aromatic rings. The van der Waals surface area contributed by atoms with Crippen molar-refractivity contribution in [2.45, 2.75) is 24.3 Å². The summed E-state index contributed by atoms with van der Waals surface area (Å²) in [6, 6.07) is 18.4. The Bertz CT molecular complexity index is 1200. The predicted octanol–water partition coefficient (Wildman–Crippen LogP) is 5.74. The molecule has 0 radical (unpaired) electrons. The number of carbonyl (C=O) groups excluding carboxylic acids is 1. The fraction of sp³-hybridized carbons (Fsp3) is 0.167. The Morgan fingerprint density at radius 1 is 1.03 bits per heavy atom. The molecule has 0 aliphatic heterocycles. The van der Waals surface area contributed by atoms with E-state index in [1.54, 1.807) is 36.7 Å². The molecule has 0 aliphatic rings. The molecule has 0 saturated heterocycles. The quantitative estimate of drug-likeness (QED) is 0.244. The number of pyridine rings is 1. The number of nitrogens with zero attached hydrogens (tertiary/aromatic N) is 4. The molecule has 0 bridgehead atoms. The molecule has 0 spiro atoms. The number of benzene rings is 2. The Morgan fingerprint density at radius 3 is 2.38 bits per heavy atom. The van der Waals surface area contributed by atoms with Gasteiger partial charge in [-0.3, -0.25) is 14.3 Å². The third-order valence-corrected chi connectivity index (χ3v) is 6.05. The number of thioether (sulfide) groups is 1. The average molecular weight is 465 g/mol. The van der Waals surface area contributed by atoms with E-state index in [0.717, 1.165) is 17.0 Å². The van der Waals surface area contributed by atoms with Gasteiger partial charge in [0, 0.05) is 34.2 Å². The van der Waals surface area contributed by atoms with Crippen LogP contribution in [0.3, 0.4) is 0 Å². The fourth-order valence-corrected chi connectivity index (χ4v) is 4.26. The van der Waals surface area contributed by atoms with E-state index in [2.05, 4.69) is 15.2 Å². The molecule has 1 atom stereocenters.